The Bertz CT molecular complexity index is 567. The highest BCUT2D eigenvalue weighted by atomic mass is 16.5. The number of pyridine rings is 1. The van der Waals surface area contributed by atoms with Gasteiger partial charge in [-0.3, -0.25) is 0 Å². The number of nitrogens with zero attached hydrogens (tertiary/aromatic N) is 4. The van der Waals surface area contributed by atoms with Crippen LogP contribution in [0.5, 0.6) is 0 Å². The van der Waals surface area contributed by atoms with Gasteiger partial charge in [0.25, 0.3) is 0 Å². The number of rotatable bonds is 3. The van der Waals surface area contributed by atoms with Crippen LogP contribution in [0.1, 0.15) is 5.56 Å². The Morgan fingerprint density at radius 3 is 3.21 bits per heavy atom. The minimum atomic E-state index is 0.220. The molecule has 6 heteroatoms. The summed E-state index contributed by atoms with van der Waals surface area (Å²) in [6.07, 6.45) is 1.79. The highest BCUT2D eigenvalue weighted by Crippen LogP contribution is 2.14. The number of ether oxygens (including phenoxy) is 1. The Kier molecular flexibility index (Phi) is 3.35. The van der Waals surface area contributed by atoms with Crippen molar-refractivity contribution in [2.45, 2.75) is 13.0 Å². The van der Waals surface area contributed by atoms with Crippen LogP contribution in [0.15, 0.2) is 18.5 Å². The van der Waals surface area contributed by atoms with E-state index in [9.17, 15) is 0 Å². The summed E-state index contributed by atoms with van der Waals surface area (Å²) in [6, 6.07) is 4.09. The third-order valence-electron chi connectivity index (χ3n) is 3.38. The molecule has 3 rings (SSSR count). The fourth-order valence-corrected chi connectivity index (χ4v) is 2.39. The zero-order valence-electron chi connectivity index (χ0n) is 11.3. The van der Waals surface area contributed by atoms with Gasteiger partial charge < -0.3 is 15.0 Å². The Balaban J connectivity index is 1.72. The maximum absolute atomic E-state index is 5.74. The zero-order valence-corrected chi connectivity index (χ0v) is 11.3. The second-order valence-electron chi connectivity index (χ2n) is 5.08. The second kappa shape index (κ2) is 5.14. The van der Waals surface area contributed by atoms with E-state index in [1.807, 2.05) is 10.6 Å². The van der Waals surface area contributed by atoms with Gasteiger partial charge in [-0.25, -0.2) is 4.98 Å². The minimum absolute atomic E-state index is 0.220. The number of morpholine rings is 1. The third kappa shape index (κ3) is 2.69. The fraction of sp³-hybridized carbons (Fsp3) is 0.538. The maximum Gasteiger partial charge on any atom is 0.157 e. The summed E-state index contributed by atoms with van der Waals surface area (Å²) >= 11 is 0. The van der Waals surface area contributed by atoms with Crippen molar-refractivity contribution < 1.29 is 4.74 Å². The van der Waals surface area contributed by atoms with Gasteiger partial charge in [-0.2, -0.15) is 9.61 Å². The molecule has 102 valence electrons. The predicted molar refractivity (Wildman–Crippen MR) is 73.5 cm³/mol. The molecule has 19 heavy (non-hydrogen) atoms. The summed E-state index contributed by atoms with van der Waals surface area (Å²) in [6.45, 7) is 5.61. The van der Waals surface area contributed by atoms with Crippen molar-refractivity contribution in [3.05, 3.63) is 24.0 Å². The van der Waals surface area contributed by atoms with E-state index in [0.717, 1.165) is 37.7 Å². The second-order valence-corrected chi connectivity index (χ2v) is 5.08. The van der Waals surface area contributed by atoms with Gasteiger partial charge in [-0.15, -0.1) is 0 Å². The van der Waals surface area contributed by atoms with Crippen molar-refractivity contribution >= 4 is 11.5 Å². The van der Waals surface area contributed by atoms with Crippen molar-refractivity contribution in [1.82, 2.24) is 19.5 Å². The van der Waals surface area contributed by atoms with E-state index in [4.69, 9.17) is 4.74 Å². The van der Waals surface area contributed by atoms with Crippen molar-refractivity contribution in [2.75, 3.05) is 38.6 Å². The molecule has 0 saturated carbocycles. The first-order valence-electron chi connectivity index (χ1n) is 6.57. The van der Waals surface area contributed by atoms with E-state index >= 15 is 0 Å². The maximum atomic E-state index is 5.74. The molecular formula is C13H19N5O. The van der Waals surface area contributed by atoms with Crippen LogP contribution in [0.25, 0.3) is 5.65 Å². The Morgan fingerprint density at radius 2 is 2.37 bits per heavy atom. The summed E-state index contributed by atoms with van der Waals surface area (Å²) in [5.41, 5.74) is 2.04. The van der Waals surface area contributed by atoms with E-state index in [2.05, 4.69) is 40.3 Å². The summed E-state index contributed by atoms with van der Waals surface area (Å²) in [5, 5.41) is 7.64. The van der Waals surface area contributed by atoms with Gasteiger partial charge in [0.1, 0.15) is 12.1 Å². The van der Waals surface area contributed by atoms with E-state index in [1.54, 1.807) is 6.33 Å². The van der Waals surface area contributed by atoms with Crippen molar-refractivity contribution in [3.8, 4) is 0 Å². The number of nitrogens with one attached hydrogen (secondary N) is 1. The summed E-state index contributed by atoms with van der Waals surface area (Å²) in [5.74, 6) is 0.962. The molecule has 1 fully saturated rings. The molecule has 0 bridgehead atoms. The molecule has 0 aliphatic carbocycles. The molecule has 2 aromatic heterocycles. The van der Waals surface area contributed by atoms with E-state index < -0.39 is 0 Å². The molecule has 0 spiro atoms. The Hall–Kier alpha value is -1.66. The summed E-state index contributed by atoms with van der Waals surface area (Å²) in [7, 11) is 2.12. The molecule has 6 nitrogen and oxygen atoms in total. The topological polar surface area (TPSA) is 54.7 Å². The standard InChI is InChI=1S/C13H19N5O/c1-10-5-12(18-13(6-10)15-9-16-18)14-7-11-8-17(2)3-4-19-11/h5-6,9,11,14H,3-4,7-8H2,1-2H3. The molecule has 2 aromatic rings. The number of hydrogen-bond donors (Lipinski definition) is 1. The first kappa shape index (κ1) is 12.4. The molecule has 3 heterocycles. The number of fused-ring (bicyclic) bond motifs is 1. The number of likely N-dealkylation sites (N-methyl/N-ethyl adjacent to an activating group) is 1. The molecule has 1 N–H and O–H groups in total. The molecule has 1 aliphatic heterocycles. The largest absolute Gasteiger partial charge is 0.374 e. The first-order valence-corrected chi connectivity index (χ1v) is 6.57. The van der Waals surface area contributed by atoms with Gasteiger partial charge in [0.15, 0.2) is 5.65 Å². The number of aryl methyl sites for hydroxylation is 1. The minimum Gasteiger partial charge on any atom is -0.374 e. The number of aromatic nitrogens is 3. The SMILES string of the molecule is Cc1cc(NCC2CN(C)CCO2)n2ncnc2c1. The van der Waals surface area contributed by atoms with Crippen molar-refractivity contribution in [1.29, 1.82) is 0 Å². The molecule has 1 saturated heterocycles. The molecule has 0 aromatic carbocycles. The van der Waals surface area contributed by atoms with Gasteiger partial charge in [-0.1, -0.05) is 0 Å². The van der Waals surface area contributed by atoms with Crippen LogP contribution in [0.4, 0.5) is 5.82 Å². The summed E-state index contributed by atoms with van der Waals surface area (Å²) in [4.78, 5) is 6.51. The smallest absolute Gasteiger partial charge is 0.157 e. The zero-order chi connectivity index (χ0) is 13.2. The van der Waals surface area contributed by atoms with E-state index in [1.165, 1.54) is 5.56 Å². The van der Waals surface area contributed by atoms with Gasteiger partial charge in [0.2, 0.25) is 0 Å². The van der Waals surface area contributed by atoms with Crippen molar-refractivity contribution in [2.24, 2.45) is 0 Å². The Morgan fingerprint density at radius 1 is 1.47 bits per heavy atom. The molecular weight excluding hydrogens is 242 g/mol. The Labute approximate surface area is 112 Å². The van der Waals surface area contributed by atoms with Gasteiger partial charge in [-0.05, 0) is 31.7 Å². The molecule has 1 unspecified atom stereocenters. The molecule has 0 amide bonds. The first-order chi connectivity index (χ1) is 9.22. The summed E-state index contributed by atoms with van der Waals surface area (Å²) < 4.78 is 7.56. The average Bonchev–Trinajstić information content (AvgIpc) is 2.84. The lowest BCUT2D eigenvalue weighted by Gasteiger charge is -2.30. The van der Waals surface area contributed by atoms with Crippen molar-refractivity contribution in [3.63, 3.8) is 0 Å². The lowest BCUT2D eigenvalue weighted by atomic mass is 10.2. The molecule has 1 aliphatic rings. The van der Waals surface area contributed by atoms with Gasteiger partial charge in [0.05, 0.1) is 12.7 Å². The van der Waals surface area contributed by atoms with Gasteiger partial charge in [0, 0.05) is 19.6 Å². The number of anilines is 1. The highest BCUT2D eigenvalue weighted by Gasteiger charge is 2.17. The molecule has 0 radical (unpaired) electrons. The quantitative estimate of drug-likeness (QED) is 0.885. The normalized spacial score (nSPS) is 20.8. The van der Waals surface area contributed by atoms with Crippen LogP contribution in [0.3, 0.4) is 0 Å². The predicted octanol–water partition coefficient (Wildman–Crippen LogP) is 0.780. The van der Waals surface area contributed by atoms with Gasteiger partial charge >= 0.3 is 0 Å². The van der Waals surface area contributed by atoms with Crippen LogP contribution in [0, 0.1) is 6.92 Å². The van der Waals surface area contributed by atoms with E-state index in [-0.39, 0.29) is 6.10 Å². The van der Waals surface area contributed by atoms with E-state index in [0.29, 0.717) is 0 Å². The van der Waals surface area contributed by atoms with Crippen LogP contribution in [-0.4, -0.2) is 58.9 Å². The average molecular weight is 261 g/mol. The van der Waals surface area contributed by atoms with Crippen LogP contribution in [0.2, 0.25) is 0 Å². The van der Waals surface area contributed by atoms with Crippen LogP contribution >= 0.6 is 0 Å². The number of hydrogen-bond acceptors (Lipinski definition) is 5. The highest BCUT2D eigenvalue weighted by molar-refractivity contribution is 5.51. The monoisotopic (exact) mass is 261 g/mol. The third-order valence-corrected chi connectivity index (χ3v) is 3.38. The lowest BCUT2D eigenvalue weighted by molar-refractivity contribution is -0.0117. The van der Waals surface area contributed by atoms with Crippen LogP contribution < -0.4 is 5.32 Å². The van der Waals surface area contributed by atoms with Crippen LogP contribution in [-0.2, 0) is 4.74 Å². The lowest BCUT2D eigenvalue weighted by Crippen LogP contribution is -2.43. The fourth-order valence-electron chi connectivity index (χ4n) is 2.39. The molecule has 1 atom stereocenters.